The smallest absolute Gasteiger partial charge is 0.457 e. The van der Waals surface area contributed by atoms with E-state index < -0.39 is 11.9 Å². The summed E-state index contributed by atoms with van der Waals surface area (Å²) in [6, 6.07) is 0. The van der Waals surface area contributed by atoms with Gasteiger partial charge in [-0.25, -0.2) is 4.79 Å². The van der Waals surface area contributed by atoms with Gasteiger partial charge in [0.15, 0.2) is 16.5 Å². The maximum absolute atomic E-state index is 11.0. The Hall–Kier alpha value is -0.660. The molecule has 0 aromatic rings. The molecule has 1 aliphatic rings. The van der Waals surface area contributed by atoms with Crippen molar-refractivity contribution in [2.75, 3.05) is 6.61 Å². The van der Waals surface area contributed by atoms with Crippen LogP contribution in [0.25, 0.3) is 0 Å². The topological polar surface area (TPSA) is 54.0 Å². The van der Waals surface area contributed by atoms with Gasteiger partial charge in [-0.2, -0.15) is 0 Å². The third-order valence-corrected chi connectivity index (χ3v) is 1.70. The van der Waals surface area contributed by atoms with Crippen molar-refractivity contribution in [3.05, 3.63) is 12.0 Å². The Morgan fingerprint density at radius 1 is 1.67 bits per heavy atom. The van der Waals surface area contributed by atoms with E-state index in [9.17, 15) is 4.79 Å². The molecule has 0 saturated heterocycles. The molecule has 0 aromatic heterocycles. The molecule has 0 radical (unpaired) electrons. The minimum absolute atomic E-state index is 0.0195. The van der Waals surface area contributed by atoms with Crippen LogP contribution in [0.15, 0.2) is 12.0 Å². The standard InChI is InChI=1S/C9H13IO5/c1-6(10)14-8(11)12-4-7-5-13-9(2,3)15-7/h5-6H,4H2,1-3H3. The first-order chi connectivity index (χ1) is 6.89. The lowest BCUT2D eigenvalue weighted by molar-refractivity contribution is -0.120. The third-order valence-electron chi connectivity index (χ3n) is 1.44. The fourth-order valence-corrected chi connectivity index (χ4v) is 1.14. The SMILES string of the molecule is CC(I)OC(=O)OCC1=COC(C)(C)O1. The molecule has 0 spiro atoms. The van der Waals surface area contributed by atoms with E-state index in [-0.39, 0.29) is 10.7 Å². The summed E-state index contributed by atoms with van der Waals surface area (Å²) >= 11 is 1.96. The van der Waals surface area contributed by atoms with Crippen molar-refractivity contribution in [3.63, 3.8) is 0 Å². The first kappa shape index (κ1) is 12.4. The molecule has 1 atom stereocenters. The van der Waals surface area contributed by atoms with E-state index in [0.29, 0.717) is 5.76 Å². The van der Waals surface area contributed by atoms with E-state index in [1.54, 1.807) is 20.8 Å². The highest BCUT2D eigenvalue weighted by atomic mass is 127. The molecule has 0 bridgehead atoms. The molecule has 1 rings (SSSR count). The maximum atomic E-state index is 11.0. The lowest BCUT2D eigenvalue weighted by Gasteiger charge is -2.18. The predicted molar refractivity (Wildman–Crippen MR) is 60.2 cm³/mol. The van der Waals surface area contributed by atoms with Crippen LogP contribution in [-0.4, -0.2) is 22.7 Å². The lowest BCUT2D eigenvalue weighted by Crippen LogP contribution is -2.21. The van der Waals surface area contributed by atoms with E-state index >= 15 is 0 Å². The zero-order chi connectivity index (χ0) is 11.5. The Labute approximate surface area is 102 Å². The number of hydrogen-bond donors (Lipinski definition) is 0. The number of rotatable bonds is 3. The molecule has 6 heteroatoms. The van der Waals surface area contributed by atoms with Crippen LogP contribution in [0.2, 0.25) is 0 Å². The van der Waals surface area contributed by atoms with E-state index in [1.807, 2.05) is 22.6 Å². The van der Waals surface area contributed by atoms with E-state index in [1.165, 1.54) is 6.26 Å². The molecule has 0 fully saturated rings. The molecule has 0 aromatic carbocycles. The number of carbonyl (C=O) groups excluding carboxylic acids is 1. The highest BCUT2D eigenvalue weighted by molar-refractivity contribution is 14.1. The summed E-state index contributed by atoms with van der Waals surface area (Å²) < 4.78 is 19.8. The number of hydrogen-bond acceptors (Lipinski definition) is 5. The second-order valence-corrected chi connectivity index (χ2v) is 5.16. The molecule has 86 valence electrons. The van der Waals surface area contributed by atoms with Crippen LogP contribution in [-0.2, 0) is 18.9 Å². The van der Waals surface area contributed by atoms with Gasteiger partial charge in [-0.15, -0.1) is 0 Å². The lowest BCUT2D eigenvalue weighted by atomic mass is 10.4. The van der Waals surface area contributed by atoms with Gasteiger partial charge in [0.05, 0.1) is 0 Å². The Balaban J connectivity index is 2.24. The summed E-state index contributed by atoms with van der Waals surface area (Å²) in [5, 5.41) is 0. The summed E-state index contributed by atoms with van der Waals surface area (Å²) in [6.07, 6.45) is 0.715. The Kier molecular flexibility index (Phi) is 4.06. The molecule has 1 unspecified atom stereocenters. The molecule has 1 heterocycles. The van der Waals surface area contributed by atoms with Crippen LogP contribution in [0.3, 0.4) is 0 Å². The zero-order valence-electron chi connectivity index (χ0n) is 8.78. The minimum Gasteiger partial charge on any atom is -0.457 e. The van der Waals surface area contributed by atoms with Gasteiger partial charge in [-0.3, -0.25) is 0 Å². The van der Waals surface area contributed by atoms with Crippen LogP contribution in [0, 0.1) is 0 Å². The van der Waals surface area contributed by atoms with E-state index in [4.69, 9.17) is 18.9 Å². The average Bonchev–Trinajstić information content (AvgIpc) is 2.41. The molecule has 1 aliphatic heterocycles. The molecule has 0 N–H and O–H groups in total. The van der Waals surface area contributed by atoms with Gasteiger partial charge in [0, 0.05) is 13.8 Å². The highest BCUT2D eigenvalue weighted by Gasteiger charge is 2.28. The van der Waals surface area contributed by atoms with Gasteiger partial charge in [-0.05, 0) is 29.5 Å². The van der Waals surface area contributed by atoms with Gasteiger partial charge in [0.1, 0.15) is 6.26 Å². The average molecular weight is 328 g/mol. The Morgan fingerprint density at radius 2 is 2.33 bits per heavy atom. The predicted octanol–water partition coefficient (Wildman–Crippen LogP) is 2.54. The summed E-state index contributed by atoms with van der Waals surface area (Å²) in [7, 11) is 0. The van der Waals surface area contributed by atoms with Crippen molar-refractivity contribution >= 4 is 28.7 Å². The second kappa shape index (κ2) is 4.91. The van der Waals surface area contributed by atoms with Crippen LogP contribution in [0.1, 0.15) is 20.8 Å². The molecular weight excluding hydrogens is 315 g/mol. The van der Waals surface area contributed by atoms with Crippen molar-refractivity contribution < 1.29 is 23.7 Å². The molecule has 0 saturated carbocycles. The molecule has 0 amide bonds. The van der Waals surface area contributed by atoms with Gasteiger partial charge < -0.3 is 18.9 Å². The van der Waals surface area contributed by atoms with Gasteiger partial charge in [0.25, 0.3) is 0 Å². The minimum atomic E-state index is -0.717. The van der Waals surface area contributed by atoms with Crippen molar-refractivity contribution in [2.45, 2.75) is 30.7 Å². The summed E-state index contributed by atoms with van der Waals surface area (Å²) in [6.45, 7) is 5.29. The van der Waals surface area contributed by atoms with E-state index in [2.05, 4.69) is 0 Å². The third kappa shape index (κ3) is 4.59. The monoisotopic (exact) mass is 328 g/mol. The van der Waals surface area contributed by atoms with E-state index in [0.717, 1.165) is 0 Å². The summed E-state index contributed by atoms with van der Waals surface area (Å²) in [5.74, 6) is -0.211. The quantitative estimate of drug-likeness (QED) is 0.453. The van der Waals surface area contributed by atoms with Gasteiger partial charge in [0.2, 0.25) is 5.79 Å². The highest BCUT2D eigenvalue weighted by Crippen LogP contribution is 2.24. The summed E-state index contributed by atoms with van der Waals surface area (Å²) in [4.78, 5) is 11.0. The van der Waals surface area contributed by atoms with Crippen molar-refractivity contribution in [3.8, 4) is 0 Å². The zero-order valence-corrected chi connectivity index (χ0v) is 10.9. The fraction of sp³-hybridized carbons (Fsp3) is 0.667. The summed E-state index contributed by atoms with van der Waals surface area (Å²) in [5.41, 5.74) is 0. The normalized spacial score (nSPS) is 19.6. The van der Waals surface area contributed by atoms with Crippen LogP contribution >= 0.6 is 22.6 Å². The van der Waals surface area contributed by atoms with Crippen LogP contribution in [0.5, 0.6) is 0 Å². The maximum Gasteiger partial charge on any atom is 0.509 e. The number of ether oxygens (including phenoxy) is 4. The largest absolute Gasteiger partial charge is 0.509 e. The Morgan fingerprint density at radius 3 is 2.80 bits per heavy atom. The Bertz CT molecular complexity index is 272. The molecule has 15 heavy (non-hydrogen) atoms. The van der Waals surface area contributed by atoms with Crippen LogP contribution < -0.4 is 0 Å². The van der Waals surface area contributed by atoms with Crippen molar-refractivity contribution in [1.82, 2.24) is 0 Å². The number of alkyl halides is 1. The van der Waals surface area contributed by atoms with Crippen molar-refractivity contribution in [1.29, 1.82) is 0 Å². The van der Waals surface area contributed by atoms with Crippen LogP contribution in [0.4, 0.5) is 4.79 Å². The van der Waals surface area contributed by atoms with Gasteiger partial charge in [-0.1, -0.05) is 0 Å². The molecular formula is C9H13IO5. The molecule has 0 aliphatic carbocycles. The number of carbonyl (C=O) groups is 1. The second-order valence-electron chi connectivity index (χ2n) is 3.40. The first-order valence-electron chi connectivity index (χ1n) is 4.42. The number of halogens is 1. The fourth-order valence-electron chi connectivity index (χ4n) is 0.932. The van der Waals surface area contributed by atoms with Gasteiger partial charge >= 0.3 is 6.16 Å². The van der Waals surface area contributed by atoms with Crippen molar-refractivity contribution in [2.24, 2.45) is 0 Å². The first-order valence-corrected chi connectivity index (χ1v) is 5.67. The molecule has 5 nitrogen and oxygen atoms in total.